The third kappa shape index (κ3) is 1.26. The van der Waals surface area contributed by atoms with E-state index in [1.54, 1.807) is 0 Å². The van der Waals surface area contributed by atoms with Crippen molar-refractivity contribution in [1.82, 2.24) is 0 Å². The minimum Gasteiger partial charge on any atom is -0.395 e. The standard InChI is InChI=1S/C14H16OS/c1-10-13(14(9-15)7-4-8-14)11-5-2-3-6-12(11)16-10/h2-3,5-6,15H,4,7-9H2,1H3. The molecule has 1 nitrogen and oxygen atoms in total. The zero-order valence-corrected chi connectivity index (χ0v) is 10.3. The fourth-order valence-electron chi connectivity index (χ4n) is 2.92. The van der Waals surface area contributed by atoms with Gasteiger partial charge in [-0.3, -0.25) is 0 Å². The normalized spacial score (nSPS) is 18.6. The summed E-state index contributed by atoms with van der Waals surface area (Å²) in [5.74, 6) is 0. The maximum atomic E-state index is 9.70. The van der Waals surface area contributed by atoms with Gasteiger partial charge in [-0.05, 0) is 36.8 Å². The number of thiophene rings is 1. The van der Waals surface area contributed by atoms with E-state index < -0.39 is 0 Å². The Labute approximate surface area is 99.7 Å². The Bertz CT molecular complexity index is 517. The van der Waals surface area contributed by atoms with Crippen molar-refractivity contribution in [1.29, 1.82) is 0 Å². The zero-order valence-electron chi connectivity index (χ0n) is 9.49. The summed E-state index contributed by atoms with van der Waals surface area (Å²) in [6.07, 6.45) is 3.54. The van der Waals surface area contributed by atoms with Crippen LogP contribution in [0.5, 0.6) is 0 Å². The number of aryl methyl sites for hydroxylation is 1. The zero-order chi connectivity index (χ0) is 11.2. The highest BCUT2D eigenvalue weighted by Gasteiger charge is 2.40. The highest BCUT2D eigenvalue weighted by atomic mass is 32.1. The van der Waals surface area contributed by atoms with Crippen LogP contribution in [0.4, 0.5) is 0 Å². The van der Waals surface area contributed by atoms with Crippen molar-refractivity contribution in [2.24, 2.45) is 0 Å². The van der Waals surface area contributed by atoms with Crippen LogP contribution in [0.25, 0.3) is 10.1 Å². The Morgan fingerprint density at radius 1 is 1.31 bits per heavy atom. The first-order valence-electron chi connectivity index (χ1n) is 5.86. The van der Waals surface area contributed by atoms with Gasteiger partial charge >= 0.3 is 0 Å². The van der Waals surface area contributed by atoms with Crippen molar-refractivity contribution in [2.75, 3.05) is 6.61 Å². The molecule has 0 atom stereocenters. The first kappa shape index (κ1) is 10.3. The average Bonchev–Trinajstić information content (AvgIpc) is 2.56. The predicted molar refractivity (Wildman–Crippen MR) is 69.2 cm³/mol. The second-order valence-corrected chi connectivity index (χ2v) is 6.08. The molecule has 84 valence electrons. The summed E-state index contributed by atoms with van der Waals surface area (Å²) in [6, 6.07) is 8.57. The Hall–Kier alpha value is -0.860. The SMILES string of the molecule is Cc1sc2ccccc2c1C1(CO)CCC1. The van der Waals surface area contributed by atoms with Crippen LogP contribution in [-0.4, -0.2) is 11.7 Å². The molecule has 1 aliphatic rings. The highest BCUT2D eigenvalue weighted by Crippen LogP contribution is 2.49. The van der Waals surface area contributed by atoms with E-state index in [1.807, 2.05) is 11.3 Å². The van der Waals surface area contributed by atoms with Gasteiger partial charge in [0, 0.05) is 15.0 Å². The van der Waals surface area contributed by atoms with E-state index in [0.717, 1.165) is 12.8 Å². The lowest BCUT2D eigenvalue weighted by Crippen LogP contribution is -2.38. The van der Waals surface area contributed by atoms with E-state index in [-0.39, 0.29) is 5.41 Å². The van der Waals surface area contributed by atoms with Gasteiger partial charge in [-0.2, -0.15) is 0 Å². The Morgan fingerprint density at radius 2 is 2.06 bits per heavy atom. The molecular weight excluding hydrogens is 216 g/mol. The van der Waals surface area contributed by atoms with E-state index in [1.165, 1.54) is 26.9 Å². The molecule has 0 bridgehead atoms. The maximum absolute atomic E-state index is 9.70. The molecule has 1 aliphatic carbocycles. The monoisotopic (exact) mass is 232 g/mol. The minimum absolute atomic E-state index is 0.0731. The van der Waals surface area contributed by atoms with Crippen LogP contribution < -0.4 is 0 Å². The quantitative estimate of drug-likeness (QED) is 0.838. The van der Waals surface area contributed by atoms with Gasteiger partial charge in [0.1, 0.15) is 0 Å². The van der Waals surface area contributed by atoms with Crippen LogP contribution in [-0.2, 0) is 5.41 Å². The largest absolute Gasteiger partial charge is 0.395 e. The van der Waals surface area contributed by atoms with Gasteiger partial charge in [0.05, 0.1) is 6.61 Å². The number of aliphatic hydroxyl groups is 1. The molecule has 1 N–H and O–H groups in total. The Kier molecular flexibility index (Phi) is 2.30. The van der Waals surface area contributed by atoms with Gasteiger partial charge in [0.15, 0.2) is 0 Å². The second kappa shape index (κ2) is 3.57. The van der Waals surface area contributed by atoms with Crippen LogP contribution in [0, 0.1) is 6.92 Å². The predicted octanol–water partition coefficient (Wildman–Crippen LogP) is 3.62. The summed E-state index contributed by atoms with van der Waals surface area (Å²) in [4.78, 5) is 1.38. The Morgan fingerprint density at radius 3 is 2.69 bits per heavy atom. The number of fused-ring (bicyclic) bond motifs is 1. The number of aliphatic hydroxyl groups excluding tert-OH is 1. The van der Waals surface area contributed by atoms with E-state index in [4.69, 9.17) is 0 Å². The van der Waals surface area contributed by atoms with Gasteiger partial charge in [-0.1, -0.05) is 24.6 Å². The number of benzene rings is 1. The Balaban J connectivity index is 2.26. The molecular formula is C14H16OS. The smallest absolute Gasteiger partial charge is 0.0528 e. The maximum Gasteiger partial charge on any atom is 0.0528 e. The lowest BCUT2D eigenvalue weighted by Gasteiger charge is -2.41. The number of hydrogen-bond acceptors (Lipinski definition) is 2. The van der Waals surface area contributed by atoms with Gasteiger partial charge in [0.25, 0.3) is 0 Å². The van der Waals surface area contributed by atoms with Crippen molar-refractivity contribution < 1.29 is 5.11 Å². The number of rotatable bonds is 2. The summed E-state index contributed by atoms with van der Waals surface area (Å²) in [5, 5.41) is 11.1. The van der Waals surface area contributed by atoms with E-state index in [0.29, 0.717) is 6.61 Å². The first-order chi connectivity index (χ1) is 7.77. The third-order valence-electron chi connectivity index (χ3n) is 3.92. The molecule has 0 amide bonds. The molecule has 3 rings (SSSR count). The molecule has 1 aromatic heterocycles. The van der Waals surface area contributed by atoms with Gasteiger partial charge in [0.2, 0.25) is 0 Å². The third-order valence-corrected chi connectivity index (χ3v) is 5.00. The van der Waals surface area contributed by atoms with Crippen LogP contribution in [0.1, 0.15) is 29.7 Å². The molecule has 0 unspecified atom stereocenters. The molecule has 2 aromatic rings. The summed E-state index contributed by atoms with van der Waals surface area (Å²) in [6.45, 7) is 2.49. The van der Waals surface area contributed by atoms with Crippen molar-refractivity contribution >= 4 is 21.4 Å². The fraction of sp³-hybridized carbons (Fsp3) is 0.429. The van der Waals surface area contributed by atoms with Crippen LogP contribution >= 0.6 is 11.3 Å². The van der Waals surface area contributed by atoms with E-state index in [2.05, 4.69) is 31.2 Å². The van der Waals surface area contributed by atoms with E-state index >= 15 is 0 Å². The van der Waals surface area contributed by atoms with Crippen LogP contribution in [0.2, 0.25) is 0 Å². The summed E-state index contributed by atoms with van der Waals surface area (Å²) < 4.78 is 1.36. The van der Waals surface area contributed by atoms with Crippen molar-refractivity contribution in [2.45, 2.75) is 31.6 Å². The molecule has 1 fully saturated rings. The van der Waals surface area contributed by atoms with Crippen LogP contribution in [0.15, 0.2) is 24.3 Å². The minimum atomic E-state index is 0.0731. The fourth-order valence-corrected chi connectivity index (χ4v) is 4.10. The average molecular weight is 232 g/mol. The second-order valence-electron chi connectivity index (χ2n) is 4.82. The molecule has 1 saturated carbocycles. The van der Waals surface area contributed by atoms with E-state index in [9.17, 15) is 5.11 Å². The highest BCUT2D eigenvalue weighted by molar-refractivity contribution is 7.19. The molecule has 0 radical (unpaired) electrons. The molecule has 1 aromatic carbocycles. The summed E-state index contributed by atoms with van der Waals surface area (Å²) in [5.41, 5.74) is 1.49. The molecule has 0 aliphatic heterocycles. The first-order valence-corrected chi connectivity index (χ1v) is 6.68. The lowest BCUT2D eigenvalue weighted by molar-refractivity contribution is 0.121. The van der Waals surface area contributed by atoms with Gasteiger partial charge in [-0.15, -0.1) is 11.3 Å². The van der Waals surface area contributed by atoms with Crippen molar-refractivity contribution in [3.05, 3.63) is 34.7 Å². The molecule has 0 saturated heterocycles. The van der Waals surface area contributed by atoms with Gasteiger partial charge < -0.3 is 5.11 Å². The topological polar surface area (TPSA) is 20.2 Å². The molecule has 16 heavy (non-hydrogen) atoms. The van der Waals surface area contributed by atoms with Crippen molar-refractivity contribution in [3.63, 3.8) is 0 Å². The summed E-state index contributed by atoms with van der Waals surface area (Å²) in [7, 11) is 0. The van der Waals surface area contributed by atoms with Crippen molar-refractivity contribution in [3.8, 4) is 0 Å². The van der Waals surface area contributed by atoms with Gasteiger partial charge in [-0.25, -0.2) is 0 Å². The van der Waals surface area contributed by atoms with Crippen LogP contribution in [0.3, 0.4) is 0 Å². The summed E-state index contributed by atoms with van der Waals surface area (Å²) >= 11 is 1.86. The number of hydrogen-bond donors (Lipinski definition) is 1. The lowest BCUT2D eigenvalue weighted by atomic mass is 9.64. The molecule has 1 heterocycles. The molecule has 0 spiro atoms. The molecule has 2 heteroatoms.